The van der Waals surface area contributed by atoms with E-state index in [1.165, 1.54) is 12.1 Å². The van der Waals surface area contributed by atoms with Gasteiger partial charge in [-0.25, -0.2) is 9.37 Å². The topological polar surface area (TPSA) is 43.1 Å². The molecule has 15 heavy (non-hydrogen) atoms. The lowest BCUT2D eigenvalue weighted by molar-refractivity contribution is 0.109. The molecule has 0 N–H and O–H groups in total. The Morgan fingerprint density at radius 1 is 1.47 bits per heavy atom. The van der Waals surface area contributed by atoms with Gasteiger partial charge in [0, 0.05) is 5.56 Å². The second-order valence-electron chi connectivity index (χ2n) is 3.09. The van der Waals surface area contributed by atoms with E-state index in [0.29, 0.717) is 23.3 Å². The van der Waals surface area contributed by atoms with E-state index >= 15 is 0 Å². The van der Waals surface area contributed by atoms with E-state index in [0.717, 1.165) is 0 Å². The Labute approximate surface area is 85.6 Å². The highest BCUT2D eigenvalue weighted by Crippen LogP contribution is 2.24. The molecule has 1 aromatic heterocycles. The Balaban J connectivity index is 2.53. The first-order chi connectivity index (χ1) is 7.20. The van der Waals surface area contributed by atoms with E-state index < -0.39 is 0 Å². The highest BCUT2D eigenvalue weighted by Gasteiger charge is 2.11. The number of hydrogen-bond acceptors (Lipinski definition) is 3. The first-order valence-corrected chi connectivity index (χ1v) is 4.39. The van der Waals surface area contributed by atoms with Gasteiger partial charge >= 0.3 is 0 Å². The normalized spacial score (nSPS) is 10.3. The van der Waals surface area contributed by atoms with Crippen LogP contribution >= 0.6 is 0 Å². The molecule has 0 atom stereocenters. The number of oxazole rings is 1. The molecule has 76 valence electrons. The molecule has 0 saturated heterocycles. The predicted molar refractivity (Wildman–Crippen MR) is 52.0 cm³/mol. The average molecular weight is 205 g/mol. The number of carbonyl (C=O) groups is 1. The third-order valence-electron chi connectivity index (χ3n) is 2.00. The maximum atomic E-state index is 12.9. The van der Waals surface area contributed by atoms with Crippen LogP contribution in [0.25, 0.3) is 11.3 Å². The zero-order chi connectivity index (χ0) is 10.8. The van der Waals surface area contributed by atoms with Crippen LogP contribution in [-0.4, -0.2) is 11.3 Å². The van der Waals surface area contributed by atoms with Crippen LogP contribution in [0.3, 0.4) is 0 Å². The van der Waals surface area contributed by atoms with Crippen LogP contribution in [0.2, 0.25) is 0 Å². The first-order valence-electron chi connectivity index (χ1n) is 4.39. The van der Waals surface area contributed by atoms with Crippen molar-refractivity contribution in [1.82, 2.24) is 4.98 Å². The standard InChI is InChI=1S/C11H8FNO2/c1-7-11(15-10(6-14)13-7)8-3-2-4-9(12)5-8/h2-6H,1H3. The molecule has 1 aromatic carbocycles. The lowest BCUT2D eigenvalue weighted by Crippen LogP contribution is -1.80. The molecule has 0 spiro atoms. The largest absolute Gasteiger partial charge is 0.434 e. The van der Waals surface area contributed by atoms with Crippen LogP contribution in [0.5, 0.6) is 0 Å². The lowest BCUT2D eigenvalue weighted by atomic mass is 10.1. The van der Waals surface area contributed by atoms with Crippen molar-refractivity contribution in [2.24, 2.45) is 0 Å². The van der Waals surface area contributed by atoms with Crippen molar-refractivity contribution >= 4 is 6.29 Å². The molecule has 0 aliphatic rings. The molecule has 0 bridgehead atoms. The van der Waals surface area contributed by atoms with Gasteiger partial charge in [0.1, 0.15) is 5.82 Å². The Morgan fingerprint density at radius 3 is 2.87 bits per heavy atom. The summed E-state index contributed by atoms with van der Waals surface area (Å²) in [5, 5.41) is 0. The van der Waals surface area contributed by atoms with E-state index in [-0.39, 0.29) is 11.7 Å². The van der Waals surface area contributed by atoms with Crippen LogP contribution in [-0.2, 0) is 0 Å². The van der Waals surface area contributed by atoms with E-state index in [1.807, 2.05) is 0 Å². The quantitative estimate of drug-likeness (QED) is 0.708. The van der Waals surface area contributed by atoms with Crippen molar-refractivity contribution in [3.05, 3.63) is 41.7 Å². The average Bonchev–Trinajstić information content (AvgIpc) is 2.60. The predicted octanol–water partition coefficient (Wildman–Crippen LogP) is 2.60. The SMILES string of the molecule is Cc1nc(C=O)oc1-c1cccc(F)c1. The summed E-state index contributed by atoms with van der Waals surface area (Å²) in [6, 6.07) is 5.95. The summed E-state index contributed by atoms with van der Waals surface area (Å²) in [4.78, 5) is 14.3. The molecule has 0 unspecified atom stereocenters. The van der Waals surface area contributed by atoms with Crippen LogP contribution in [0, 0.1) is 12.7 Å². The van der Waals surface area contributed by atoms with E-state index in [1.54, 1.807) is 19.1 Å². The molecule has 0 saturated carbocycles. The summed E-state index contributed by atoms with van der Waals surface area (Å²) in [6.45, 7) is 1.71. The smallest absolute Gasteiger partial charge is 0.260 e. The van der Waals surface area contributed by atoms with Crippen molar-refractivity contribution in [2.75, 3.05) is 0 Å². The highest BCUT2D eigenvalue weighted by molar-refractivity contribution is 5.70. The van der Waals surface area contributed by atoms with Gasteiger partial charge in [-0.05, 0) is 19.1 Å². The number of carbonyl (C=O) groups excluding carboxylic acids is 1. The summed E-state index contributed by atoms with van der Waals surface area (Å²) >= 11 is 0. The molecule has 0 radical (unpaired) electrons. The van der Waals surface area contributed by atoms with E-state index in [4.69, 9.17) is 4.42 Å². The number of aryl methyl sites for hydroxylation is 1. The third-order valence-corrected chi connectivity index (χ3v) is 2.00. The number of nitrogens with zero attached hydrogens (tertiary/aromatic N) is 1. The van der Waals surface area contributed by atoms with Gasteiger partial charge in [-0.2, -0.15) is 0 Å². The van der Waals surface area contributed by atoms with Crippen molar-refractivity contribution in [2.45, 2.75) is 6.92 Å². The molecule has 2 rings (SSSR count). The molecule has 0 fully saturated rings. The molecule has 1 heterocycles. The Hall–Kier alpha value is -1.97. The van der Waals surface area contributed by atoms with Gasteiger partial charge in [0.2, 0.25) is 6.29 Å². The molecular weight excluding hydrogens is 197 g/mol. The highest BCUT2D eigenvalue weighted by atomic mass is 19.1. The summed E-state index contributed by atoms with van der Waals surface area (Å²) in [5.41, 5.74) is 1.15. The molecule has 0 amide bonds. The number of benzene rings is 1. The van der Waals surface area contributed by atoms with Crippen LogP contribution in [0.15, 0.2) is 28.7 Å². The van der Waals surface area contributed by atoms with Crippen LogP contribution in [0.4, 0.5) is 4.39 Å². The zero-order valence-corrected chi connectivity index (χ0v) is 8.03. The van der Waals surface area contributed by atoms with Gasteiger partial charge in [-0.3, -0.25) is 4.79 Å². The van der Waals surface area contributed by atoms with E-state index in [9.17, 15) is 9.18 Å². The Morgan fingerprint density at radius 2 is 2.27 bits per heavy atom. The Kier molecular flexibility index (Phi) is 2.33. The van der Waals surface area contributed by atoms with Gasteiger partial charge in [0.25, 0.3) is 5.89 Å². The second kappa shape index (κ2) is 3.65. The number of rotatable bonds is 2. The molecule has 4 heteroatoms. The summed E-state index contributed by atoms with van der Waals surface area (Å²) in [7, 11) is 0. The summed E-state index contributed by atoms with van der Waals surface area (Å²) < 4.78 is 18.1. The minimum atomic E-state index is -0.351. The van der Waals surface area contributed by atoms with Crippen molar-refractivity contribution in [3.8, 4) is 11.3 Å². The fourth-order valence-corrected chi connectivity index (χ4v) is 1.37. The molecule has 0 aliphatic heterocycles. The minimum Gasteiger partial charge on any atom is -0.434 e. The number of aldehydes is 1. The number of hydrogen-bond donors (Lipinski definition) is 0. The fourth-order valence-electron chi connectivity index (χ4n) is 1.37. The van der Waals surface area contributed by atoms with Crippen molar-refractivity contribution in [3.63, 3.8) is 0 Å². The second-order valence-corrected chi connectivity index (χ2v) is 3.09. The Bertz CT molecular complexity index is 505. The van der Waals surface area contributed by atoms with Gasteiger partial charge in [-0.1, -0.05) is 12.1 Å². The van der Waals surface area contributed by atoms with Gasteiger partial charge in [0.15, 0.2) is 5.76 Å². The number of halogens is 1. The van der Waals surface area contributed by atoms with Crippen LogP contribution < -0.4 is 0 Å². The van der Waals surface area contributed by atoms with Gasteiger partial charge < -0.3 is 4.42 Å². The number of aromatic nitrogens is 1. The molecule has 2 aromatic rings. The summed E-state index contributed by atoms with van der Waals surface area (Å²) in [5.74, 6) is 0.0827. The van der Waals surface area contributed by atoms with Gasteiger partial charge in [-0.15, -0.1) is 0 Å². The summed E-state index contributed by atoms with van der Waals surface area (Å²) in [6.07, 6.45) is 0.524. The van der Waals surface area contributed by atoms with Gasteiger partial charge in [0.05, 0.1) is 5.69 Å². The fraction of sp³-hybridized carbons (Fsp3) is 0.0909. The van der Waals surface area contributed by atoms with Crippen molar-refractivity contribution < 1.29 is 13.6 Å². The first kappa shape index (κ1) is 9.58. The molecule has 0 aliphatic carbocycles. The van der Waals surface area contributed by atoms with Crippen molar-refractivity contribution in [1.29, 1.82) is 0 Å². The lowest BCUT2D eigenvalue weighted by Gasteiger charge is -1.96. The van der Waals surface area contributed by atoms with Crippen LogP contribution in [0.1, 0.15) is 16.4 Å². The molecule has 3 nitrogen and oxygen atoms in total. The monoisotopic (exact) mass is 205 g/mol. The van der Waals surface area contributed by atoms with E-state index in [2.05, 4.69) is 4.98 Å². The maximum absolute atomic E-state index is 12.9. The maximum Gasteiger partial charge on any atom is 0.260 e. The zero-order valence-electron chi connectivity index (χ0n) is 8.03. The third kappa shape index (κ3) is 1.79. The molecular formula is C11H8FNO2. The minimum absolute atomic E-state index is 0.00626.